The predicted molar refractivity (Wildman–Crippen MR) is 76.0 cm³/mol. The molecule has 2 nitrogen and oxygen atoms in total. The van der Waals surface area contributed by atoms with Gasteiger partial charge < -0.3 is 10.1 Å². The summed E-state index contributed by atoms with van der Waals surface area (Å²) in [7, 11) is 2.00. The largest absolute Gasteiger partial charge is 0.374 e. The van der Waals surface area contributed by atoms with Gasteiger partial charge in [0.05, 0.1) is 12.2 Å². The van der Waals surface area contributed by atoms with Crippen molar-refractivity contribution in [3.05, 3.63) is 21.9 Å². The second-order valence-electron chi connectivity index (χ2n) is 5.33. The molecule has 0 saturated heterocycles. The normalized spacial score (nSPS) is 13.9. The van der Waals surface area contributed by atoms with Crippen LogP contribution < -0.4 is 5.32 Å². The van der Waals surface area contributed by atoms with Crippen molar-refractivity contribution < 1.29 is 4.74 Å². The highest BCUT2D eigenvalue weighted by Gasteiger charge is 2.15. The third-order valence-corrected chi connectivity index (χ3v) is 3.89. The summed E-state index contributed by atoms with van der Waals surface area (Å²) in [6, 6.07) is 4.88. The van der Waals surface area contributed by atoms with Crippen LogP contribution in [-0.4, -0.2) is 25.3 Å². The molecule has 1 aromatic rings. The zero-order valence-corrected chi connectivity index (χ0v) is 12.5. The Bertz CT molecular complexity index is 327. The molecule has 0 aromatic carbocycles. The lowest BCUT2D eigenvalue weighted by Crippen LogP contribution is -2.35. The Balaban J connectivity index is 2.46. The summed E-state index contributed by atoms with van der Waals surface area (Å²) in [6.45, 7) is 9.26. The van der Waals surface area contributed by atoms with Crippen molar-refractivity contribution in [2.75, 3.05) is 13.7 Å². The van der Waals surface area contributed by atoms with Gasteiger partial charge in [-0.15, -0.1) is 11.3 Å². The van der Waals surface area contributed by atoms with Crippen LogP contribution in [0.15, 0.2) is 12.1 Å². The smallest absolute Gasteiger partial charge is 0.0630 e. The molecule has 1 N–H and O–H groups in total. The fourth-order valence-electron chi connectivity index (χ4n) is 1.56. The number of ether oxygens (including phenoxy) is 1. The summed E-state index contributed by atoms with van der Waals surface area (Å²) in [5, 5.41) is 3.33. The Kier molecular flexibility index (Phi) is 5.63. The van der Waals surface area contributed by atoms with Crippen LogP contribution in [0.4, 0.5) is 0 Å². The molecule has 98 valence electrons. The van der Waals surface area contributed by atoms with Crippen molar-refractivity contribution in [3.8, 4) is 0 Å². The van der Waals surface area contributed by atoms with E-state index in [-0.39, 0.29) is 5.60 Å². The number of hydrogen-bond donors (Lipinski definition) is 1. The maximum absolute atomic E-state index is 5.83. The SMILES string of the molecule is CCc1ccc(CC(COC(C)(C)C)NC)s1. The molecule has 1 atom stereocenters. The van der Waals surface area contributed by atoms with Crippen molar-refractivity contribution in [3.63, 3.8) is 0 Å². The number of likely N-dealkylation sites (N-methyl/N-ethyl adjacent to an activating group) is 1. The molecule has 0 bridgehead atoms. The molecule has 0 amide bonds. The molecule has 0 radical (unpaired) electrons. The first-order valence-electron chi connectivity index (χ1n) is 6.33. The van der Waals surface area contributed by atoms with E-state index < -0.39 is 0 Å². The van der Waals surface area contributed by atoms with Gasteiger partial charge in [0.2, 0.25) is 0 Å². The van der Waals surface area contributed by atoms with E-state index in [9.17, 15) is 0 Å². The molecule has 0 spiro atoms. The fourth-order valence-corrected chi connectivity index (χ4v) is 2.60. The van der Waals surface area contributed by atoms with Crippen molar-refractivity contribution in [2.24, 2.45) is 0 Å². The van der Waals surface area contributed by atoms with Crippen LogP contribution in [0, 0.1) is 0 Å². The summed E-state index contributed by atoms with van der Waals surface area (Å²) >= 11 is 1.91. The van der Waals surface area contributed by atoms with Gasteiger partial charge in [-0.1, -0.05) is 6.92 Å². The molecule has 1 unspecified atom stereocenters. The van der Waals surface area contributed by atoms with Gasteiger partial charge >= 0.3 is 0 Å². The van der Waals surface area contributed by atoms with Gasteiger partial charge in [-0.05, 0) is 52.8 Å². The molecule has 17 heavy (non-hydrogen) atoms. The first kappa shape index (κ1) is 14.7. The van der Waals surface area contributed by atoms with Crippen molar-refractivity contribution in [1.29, 1.82) is 0 Å². The van der Waals surface area contributed by atoms with E-state index in [4.69, 9.17) is 4.74 Å². The monoisotopic (exact) mass is 255 g/mol. The van der Waals surface area contributed by atoms with Crippen LogP contribution in [0.1, 0.15) is 37.4 Å². The highest BCUT2D eigenvalue weighted by Crippen LogP contribution is 2.19. The van der Waals surface area contributed by atoms with Crippen LogP contribution in [0.2, 0.25) is 0 Å². The maximum Gasteiger partial charge on any atom is 0.0630 e. The van der Waals surface area contributed by atoms with E-state index in [0.717, 1.165) is 19.4 Å². The fraction of sp³-hybridized carbons (Fsp3) is 0.714. The van der Waals surface area contributed by atoms with Gasteiger partial charge in [-0.2, -0.15) is 0 Å². The third kappa shape index (κ3) is 5.66. The molecular weight excluding hydrogens is 230 g/mol. The van der Waals surface area contributed by atoms with Crippen LogP contribution in [0.5, 0.6) is 0 Å². The Morgan fingerprint density at radius 3 is 2.41 bits per heavy atom. The van der Waals surface area contributed by atoms with Gasteiger partial charge in [0.15, 0.2) is 0 Å². The van der Waals surface area contributed by atoms with Gasteiger partial charge in [-0.25, -0.2) is 0 Å². The number of rotatable bonds is 6. The van der Waals surface area contributed by atoms with Gasteiger partial charge in [-0.3, -0.25) is 0 Å². The molecule has 0 aliphatic rings. The number of nitrogens with one attached hydrogen (secondary N) is 1. The average Bonchev–Trinajstić information content (AvgIpc) is 2.70. The lowest BCUT2D eigenvalue weighted by molar-refractivity contribution is -0.0134. The standard InChI is InChI=1S/C14H25NOS/c1-6-12-7-8-13(17-12)9-11(15-5)10-16-14(2,3)4/h7-8,11,15H,6,9-10H2,1-5H3. The zero-order valence-electron chi connectivity index (χ0n) is 11.7. The molecule has 0 saturated carbocycles. The molecule has 1 heterocycles. The number of aryl methyl sites for hydroxylation is 1. The van der Waals surface area contributed by atoms with Crippen LogP contribution in [0.3, 0.4) is 0 Å². The minimum atomic E-state index is -0.0564. The van der Waals surface area contributed by atoms with Gasteiger partial charge in [0, 0.05) is 15.8 Å². The van der Waals surface area contributed by atoms with Crippen molar-refractivity contribution in [2.45, 2.75) is 52.2 Å². The van der Waals surface area contributed by atoms with Gasteiger partial charge in [0.25, 0.3) is 0 Å². The van der Waals surface area contributed by atoms with Crippen molar-refractivity contribution in [1.82, 2.24) is 5.32 Å². The zero-order chi connectivity index (χ0) is 12.9. The van der Waals surface area contributed by atoms with Gasteiger partial charge in [0.1, 0.15) is 0 Å². The minimum absolute atomic E-state index is 0.0564. The number of hydrogen-bond acceptors (Lipinski definition) is 3. The molecule has 1 rings (SSSR count). The minimum Gasteiger partial charge on any atom is -0.374 e. The van der Waals surface area contributed by atoms with Crippen LogP contribution in [0.25, 0.3) is 0 Å². The summed E-state index contributed by atoms with van der Waals surface area (Å²) < 4.78 is 5.83. The topological polar surface area (TPSA) is 21.3 Å². The van der Waals surface area contributed by atoms with Crippen LogP contribution >= 0.6 is 11.3 Å². The maximum atomic E-state index is 5.83. The third-order valence-electron chi connectivity index (χ3n) is 2.64. The summed E-state index contributed by atoms with van der Waals surface area (Å²) in [5.41, 5.74) is -0.0564. The summed E-state index contributed by atoms with van der Waals surface area (Å²) in [6.07, 6.45) is 2.19. The van der Waals surface area contributed by atoms with E-state index in [1.807, 2.05) is 18.4 Å². The first-order chi connectivity index (χ1) is 7.94. The molecule has 0 aliphatic heterocycles. The molecule has 0 fully saturated rings. The average molecular weight is 255 g/mol. The molecular formula is C14H25NOS. The Morgan fingerprint density at radius 1 is 1.29 bits per heavy atom. The predicted octanol–water partition coefficient (Wildman–Crippen LogP) is 3.26. The Labute approximate surface area is 109 Å². The Morgan fingerprint density at radius 2 is 1.94 bits per heavy atom. The highest BCUT2D eigenvalue weighted by molar-refractivity contribution is 7.11. The lowest BCUT2D eigenvalue weighted by atomic mass is 10.1. The van der Waals surface area contributed by atoms with E-state index >= 15 is 0 Å². The second kappa shape index (κ2) is 6.53. The second-order valence-corrected chi connectivity index (χ2v) is 6.59. The number of thiophene rings is 1. The quantitative estimate of drug-likeness (QED) is 0.842. The van der Waals surface area contributed by atoms with E-state index in [1.165, 1.54) is 9.75 Å². The summed E-state index contributed by atoms with van der Waals surface area (Å²) in [5.74, 6) is 0. The molecule has 0 aliphatic carbocycles. The first-order valence-corrected chi connectivity index (χ1v) is 7.15. The van der Waals surface area contributed by atoms with Crippen molar-refractivity contribution >= 4 is 11.3 Å². The molecule has 1 aromatic heterocycles. The van der Waals surface area contributed by atoms with Crippen LogP contribution in [-0.2, 0) is 17.6 Å². The molecule has 3 heteroatoms. The van der Waals surface area contributed by atoms with E-state index in [0.29, 0.717) is 6.04 Å². The Hall–Kier alpha value is -0.380. The summed E-state index contributed by atoms with van der Waals surface area (Å²) in [4.78, 5) is 2.91. The lowest BCUT2D eigenvalue weighted by Gasteiger charge is -2.24. The highest BCUT2D eigenvalue weighted by atomic mass is 32.1. The van der Waals surface area contributed by atoms with E-state index in [1.54, 1.807) is 0 Å². The van der Waals surface area contributed by atoms with E-state index in [2.05, 4.69) is 45.1 Å².